The van der Waals surface area contributed by atoms with Crippen LogP contribution in [0.15, 0.2) is 235 Å². The van der Waals surface area contributed by atoms with Gasteiger partial charge in [-0.25, -0.2) is 0 Å². The first kappa shape index (κ1) is 38.9. The molecule has 65 heavy (non-hydrogen) atoms. The molecule has 0 saturated heterocycles. The monoisotopic (exact) mass is 897 g/mol. The number of para-hydroxylation sites is 2. The van der Waals surface area contributed by atoms with Crippen molar-refractivity contribution in [1.82, 2.24) is 9.55 Å². The summed E-state index contributed by atoms with van der Waals surface area (Å²) >= 11 is 3.42. The summed E-state index contributed by atoms with van der Waals surface area (Å²) in [6, 6.07) is 82.6. The molecule has 0 bridgehead atoms. The molecule has 0 amide bonds. The third-order valence-electron chi connectivity index (χ3n) is 13.2. The highest BCUT2D eigenvalue weighted by Crippen LogP contribution is 2.43. The van der Waals surface area contributed by atoms with Crippen LogP contribution in [0.5, 0.6) is 0 Å². The smallest absolute Gasteiger partial charge is 0.0544 e. The van der Waals surface area contributed by atoms with Crippen molar-refractivity contribution >= 4 is 59.5 Å². The van der Waals surface area contributed by atoms with E-state index in [9.17, 15) is 0 Å². The Bertz CT molecular complexity index is 3700. The molecule has 0 atom stereocenters. The predicted octanol–water partition coefficient (Wildman–Crippen LogP) is 17.3. The topological polar surface area (TPSA) is 20.7 Å². The van der Waals surface area contributed by atoms with E-state index in [0.717, 1.165) is 17.3 Å². The van der Waals surface area contributed by atoms with E-state index in [1.54, 1.807) is 0 Å². The number of benzene rings is 10. The van der Waals surface area contributed by atoms with Gasteiger partial charge in [0.2, 0.25) is 0 Å². The number of aromatic amines is 1. The first-order valence-electron chi connectivity index (χ1n) is 22.4. The van der Waals surface area contributed by atoms with Crippen LogP contribution in [0.1, 0.15) is 23.7 Å². The minimum absolute atomic E-state index is 0. The van der Waals surface area contributed by atoms with Gasteiger partial charge in [-0.3, -0.25) is 0 Å². The van der Waals surface area contributed by atoms with Gasteiger partial charge in [-0.05, 0) is 140 Å². The average molecular weight is 899 g/mol. The molecule has 2 aromatic heterocycles. The fourth-order valence-corrected chi connectivity index (χ4v) is 10.3. The van der Waals surface area contributed by atoms with Gasteiger partial charge in [0.05, 0.1) is 11.0 Å². The molecule has 3 heteroatoms. The molecule has 10 aromatic carbocycles. The summed E-state index contributed by atoms with van der Waals surface area (Å²) in [7, 11) is 0. The molecule has 0 saturated carbocycles. The van der Waals surface area contributed by atoms with Crippen LogP contribution in [0.3, 0.4) is 0 Å². The molecule has 2 heterocycles. The van der Waals surface area contributed by atoms with Gasteiger partial charge in [-0.15, -0.1) is 0 Å². The Labute approximate surface area is 388 Å². The summed E-state index contributed by atoms with van der Waals surface area (Å²) in [5.74, 6) is 0. The van der Waals surface area contributed by atoms with Gasteiger partial charge in [-0.2, -0.15) is 0 Å². The Morgan fingerprint density at radius 1 is 0.338 bits per heavy atom. The molecule has 14 rings (SSSR count). The highest BCUT2D eigenvalue weighted by atomic mass is 79.9. The van der Waals surface area contributed by atoms with Crippen molar-refractivity contribution < 1.29 is 1.43 Å². The third-order valence-corrected chi connectivity index (χ3v) is 13.7. The fraction of sp³-hybridized carbons (Fsp3) is 0.0323. The number of halogens is 1. The molecule has 2 nitrogen and oxygen atoms in total. The van der Waals surface area contributed by atoms with E-state index in [1.807, 2.05) is 6.07 Å². The van der Waals surface area contributed by atoms with Crippen LogP contribution in [0.2, 0.25) is 0 Å². The summed E-state index contributed by atoms with van der Waals surface area (Å²) in [6.07, 6.45) is 2.06. The van der Waals surface area contributed by atoms with Crippen molar-refractivity contribution in [2.24, 2.45) is 0 Å². The van der Waals surface area contributed by atoms with E-state index in [1.165, 1.54) is 116 Å². The molecular formula is C62H45BrN2. The van der Waals surface area contributed by atoms with Crippen molar-refractivity contribution in [2.75, 3.05) is 0 Å². The van der Waals surface area contributed by atoms with Gasteiger partial charge in [0.1, 0.15) is 0 Å². The largest absolute Gasteiger partial charge is 0.355 e. The van der Waals surface area contributed by atoms with Crippen molar-refractivity contribution in [2.45, 2.75) is 12.8 Å². The number of rotatable bonds is 3. The molecule has 0 spiro atoms. The maximum Gasteiger partial charge on any atom is 0.0544 e. The third kappa shape index (κ3) is 7.15. The quantitative estimate of drug-likeness (QED) is 0.182. The predicted molar refractivity (Wildman–Crippen MR) is 280 cm³/mol. The van der Waals surface area contributed by atoms with E-state index in [-0.39, 0.29) is 1.43 Å². The summed E-state index contributed by atoms with van der Waals surface area (Å²) in [4.78, 5) is 3.53. The fourth-order valence-electron chi connectivity index (χ4n) is 10.1. The molecule has 0 fully saturated rings. The summed E-state index contributed by atoms with van der Waals surface area (Å²) in [5, 5.41) is 5.27. The number of nitrogens with zero attached hydrogens (tertiary/aromatic N) is 1. The van der Waals surface area contributed by atoms with Gasteiger partial charge in [-0.1, -0.05) is 186 Å². The van der Waals surface area contributed by atoms with E-state index in [0.29, 0.717) is 0 Å². The van der Waals surface area contributed by atoms with E-state index >= 15 is 0 Å². The second-order valence-electron chi connectivity index (χ2n) is 17.1. The van der Waals surface area contributed by atoms with Crippen LogP contribution in [0.4, 0.5) is 0 Å². The lowest BCUT2D eigenvalue weighted by atomic mass is 10.0. The van der Waals surface area contributed by atoms with Gasteiger partial charge in [0.15, 0.2) is 0 Å². The van der Waals surface area contributed by atoms with Crippen molar-refractivity contribution in [1.29, 1.82) is 0 Å². The van der Waals surface area contributed by atoms with E-state index in [4.69, 9.17) is 0 Å². The molecule has 2 aliphatic rings. The van der Waals surface area contributed by atoms with Crippen LogP contribution in [0.25, 0.3) is 93.8 Å². The van der Waals surface area contributed by atoms with Crippen molar-refractivity contribution in [3.8, 4) is 50.2 Å². The second kappa shape index (κ2) is 16.4. The maximum absolute atomic E-state index is 3.53. The Morgan fingerprint density at radius 3 is 1.48 bits per heavy atom. The lowest BCUT2D eigenvalue weighted by Gasteiger charge is -2.10. The molecular weight excluding hydrogens is 853 g/mol. The minimum atomic E-state index is 0. The lowest BCUT2D eigenvalue weighted by molar-refractivity contribution is 1.17. The highest BCUT2D eigenvalue weighted by molar-refractivity contribution is 9.10. The Hall–Kier alpha value is -7.72. The Morgan fingerprint density at radius 2 is 0.831 bits per heavy atom. The van der Waals surface area contributed by atoms with Crippen LogP contribution in [-0.4, -0.2) is 9.55 Å². The van der Waals surface area contributed by atoms with Crippen LogP contribution in [0, 0.1) is 0 Å². The first-order valence-corrected chi connectivity index (χ1v) is 23.1. The Balaban J connectivity index is 0.000000121. The SMILES string of the molecule is Brc1ccc(-c2ccccc2)cc1.[2HH].c1ccc(-c2ccc(-n3c4ccccc4c4cc5c(cc43)Cc3ccccc3-5)cc2)cc1.c1ccc2c(c1)Cc1cc3[nH]c4ccccc4c3cc1-2. The van der Waals surface area contributed by atoms with Gasteiger partial charge >= 0.3 is 0 Å². The number of hydrogen-bond donors (Lipinski definition) is 1. The molecule has 1 N–H and O–H groups in total. The number of fused-ring (bicyclic) bond motifs is 12. The molecule has 310 valence electrons. The minimum Gasteiger partial charge on any atom is -0.355 e. The zero-order valence-electron chi connectivity index (χ0n) is 35.7. The normalized spacial score (nSPS) is 12.0. The standard InChI is InChI=1S/C31H21N.C19H13N.C12H9Br.H2/c1-2-8-21(9-3-1)22-14-16-25(17-15-22)32-30-13-7-6-12-27(30)29-20-28-24(19-31(29)32)18-23-10-4-5-11-26(23)28;1-2-6-14-12(5-1)9-13-10-19-17(11-16(13)14)15-7-3-4-8-18(15)20-19;13-12-8-6-11(7-9-12)10-4-2-1-3-5-10;/h1-17,19-20H,18H2;1-8,10-11,20H,9H2;1-9H;1H/i;;;1+1. The van der Waals surface area contributed by atoms with Gasteiger partial charge in [0.25, 0.3) is 0 Å². The second-order valence-corrected chi connectivity index (χ2v) is 18.0. The molecule has 12 aromatic rings. The Kier molecular flexibility index (Phi) is 9.84. The zero-order valence-corrected chi connectivity index (χ0v) is 37.3. The molecule has 2 aliphatic carbocycles. The number of nitrogens with one attached hydrogen (secondary N) is 1. The van der Waals surface area contributed by atoms with Gasteiger partial charge < -0.3 is 9.55 Å². The summed E-state index contributed by atoms with van der Waals surface area (Å²) in [6.45, 7) is 0. The van der Waals surface area contributed by atoms with E-state index < -0.39 is 0 Å². The molecule has 0 aliphatic heterocycles. The molecule has 0 unspecified atom stereocenters. The van der Waals surface area contributed by atoms with Crippen LogP contribution >= 0.6 is 15.9 Å². The van der Waals surface area contributed by atoms with Gasteiger partial charge in [0, 0.05) is 44.2 Å². The van der Waals surface area contributed by atoms with Crippen molar-refractivity contribution in [3.63, 3.8) is 0 Å². The van der Waals surface area contributed by atoms with Crippen molar-refractivity contribution in [3.05, 3.63) is 257 Å². The number of hydrogen-bond acceptors (Lipinski definition) is 0. The van der Waals surface area contributed by atoms with Crippen LogP contribution < -0.4 is 0 Å². The first-order chi connectivity index (χ1) is 32.1. The summed E-state index contributed by atoms with van der Waals surface area (Å²) < 4.78 is 3.54. The lowest BCUT2D eigenvalue weighted by Crippen LogP contribution is -1.94. The highest BCUT2D eigenvalue weighted by Gasteiger charge is 2.22. The number of aromatic nitrogens is 2. The summed E-state index contributed by atoms with van der Waals surface area (Å²) in [5.41, 5.74) is 22.5. The molecule has 0 radical (unpaired) electrons. The zero-order chi connectivity index (χ0) is 43.3. The van der Waals surface area contributed by atoms with E-state index in [2.05, 4.69) is 250 Å². The van der Waals surface area contributed by atoms with Crippen LogP contribution in [-0.2, 0) is 12.8 Å². The average Bonchev–Trinajstić information content (AvgIpc) is 4.12. The maximum atomic E-state index is 3.53. The number of H-pyrrole nitrogens is 1.